The number of rotatable bonds is 3. The maximum atomic E-state index is 10.4. The van der Waals surface area contributed by atoms with Gasteiger partial charge in [-0.2, -0.15) is 0 Å². The average molecular weight is 243 g/mol. The summed E-state index contributed by atoms with van der Waals surface area (Å²) in [5.74, 6) is -0.453. The van der Waals surface area contributed by atoms with E-state index in [9.17, 15) is 14.7 Å². The van der Waals surface area contributed by atoms with Crippen LogP contribution in [0.15, 0.2) is 24.3 Å². The third-order valence-corrected chi connectivity index (χ3v) is 1.71. The van der Waals surface area contributed by atoms with Crippen LogP contribution in [0.5, 0.6) is 5.75 Å². The van der Waals surface area contributed by atoms with E-state index in [4.69, 9.17) is 9.79 Å². The van der Waals surface area contributed by atoms with Crippen LogP contribution in [0.1, 0.15) is 0 Å². The quantitative estimate of drug-likeness (QED) is 0.344. The topological polar surface area (TPSA) is 110 Å². The molecular formula is C6H7NNaO6P. The van der Waals surface area contributed by atoms with Gasteiger partial charge in [-0.3, -0.25) is 19.9 Å². The molecule has 0 aliphatic carbocycles. The van der Waals surface area contributed by atoms with E-state index in [-0.39, 0.29) is 29.6 Å². The Labute approximate surface area is 107 Å². The number of para-hydroxylation sites is 2. The number of nitrogens with zero attached hydrogens (tertiary/aromatic N) is 1. The van der Waals surface area contributed by atoms with Gasteiger partial charge in [-0.1, -0.05) is 12.1 Å². The van der Waals surface area contributed by atoms with E-state index < -0.39 is 24.2 Å². The van der Waals surface area contributed by atoms with Crippen LogP contribution in [-0.2, 0) is 4.57 Å². The first-order valence-electron chi connectivity index (χ1n) is 3.39. The van der Waals surface area contributed by atoms with Crippen LogP contribution in [0.4, 0.5) is 5.69 Å². The summed E-state index contributed by atoms with van der Waals surface area (Å²) < 4.78 is 14.5. The number of benzene rings is 1. The summed E-state index contributed by atoms with van der Waals surface area (Å²) in [5.41, 5.74) is -0.490. The van der Waals surface area contributed by atoms with Crippen molar-refractivity contribution in [2.24, 2.45) is 0 Å². The summed E-state index contributed by atoms with van der Waals surface area (Å²) in [6.07, 6.45) is 0. The zero-order valence-corrected chi connectivity index (χ0v) is 7.63. The van der Waals surface area contributed by atoms with Crippen molar-refractivity contribution in [3.05, 3.63) is 34.4 Å². The molecule has 0 atom stereocenters. The molecule has 1 rings (SSSR count). The molecule has 0 radical (unpaired) electrons. The summed E-state index contributed by atoms with van der Waals surface area (Å²) in [4.78, 5) is 26.5. The van der Waals surface area contributed by atoms with E-state index in [1.807, 2.05) is 0 Å². The number of phosphoric ester groups is 1. The minimum atomic E-state index is -4.76. The van der Waals surface area contributed by atoms with Gasteiger partial charge in [-0.05, 0) is 6.07 Å². The summed E-state index contributed by atoms with van der Waals surface area (Å²) >= 11 is 0. The first-order valence-corrected chi connectivity index (χ1v) is 4.92. The van der Waals surface area contributed by atoms with Gasteiger partial charge >= 0.3 is 43.1 Å². The molecule has 0 spiro atoms. The molecule has 2 N–H and O–H groups in total. The molecule has 0 aromatic heterocycles. The molecule has 1 aromatic carbocycles. The molecule has 15 heavy (non-hydrogen) atoms. The summed E-state index contributed by atoms with van der Waals surface area (Å²) in [6, 6.07) is 4.94. The molecular weight excluding hydrogens is 236 g/mol. The van der Waals surface area contributed by atoms with Gasteiger partial charge in [0.05, 0.1) is 4.92 Å². The minimum absolute atomic E-state index is 0. The first kappa shape index (κ1) is 14.6. The Bertz CT molecular complexity index is 404. The van der Waals surface area contributed by atoms with Crippen LogP contribution in [0.3, 0.4) is 0 Å². The molecule has 0 unspecified atom stereocenters. The average Bonchev–Trinajstić information content (AvgIpc) is 2.01. The third kappa shape index (κ3) is 4.74. The van der Waals surface area contributed by atoms with Gasteiger partial charge in [0.25, 0.3) is 0 Å². The molecule has 9 heteroatoms. The molecule has 7 nitrogen and oxygen atoms in total. The van der Waals surface area contributed by atoms with Crippen LogP contribution < -0.4 is 4.52 Å². The Kier molecular flexibility index (Phi) is 5.44. The van der Waals surface area contributed by atoms with Crippen LogP contribution in [-0.4, -0.2) is 44.3 Å². The predicted molar refractivity (Wildman–Crippen MR) is 52.9 cm³/mol. The molecule has 78 valence electrons. The van der Waals surface area contributed by atoms with Gasteiger partial charge < -0.3 is 4.52 Å². The standard InChI is InChI=1S/C6H6NO6P.Na.H/c8-7(9)5-3-1-2-4-6(5)13-14(10,11)12;;/h1-4H,(H2,10,11,12);;. The van der Waals surface area contributed by atoms with Gasteiger partial charge in [-0.25, -0.2) is 4.57 Å². The zero-order chi connectivity index (χ0) is 10.8. The van der Waals surface area contributed by atoms with E-state index in [0.717, 1.165) is 12.1 Å². The number of nitro groups is 1. The fourth-order valence-electron chi connectivity index (χ4n) is 0.813. The molecule has 0 amide bonds. The Balaban J connectivity index is 0.00000196. The van der Waals surface area contributed by atoms with Crippen molar-refractivity contribution in [3.8, 4) is 5.75 Å². The van der Waals surface area contributed by atoms with Crippen molar-refractivity contribution < 1.29 is 23.8 Å². The molecule has 0 fully saturated rings. The fraction of sp³-hybridized carbons (Fsp3) is 0. The van der Waals surface area contributed by atoms with Gasteiger partial charge in [0.2, 0.25) is 5.75 Å². The molecule has 0 saturated heterocycles. The number of hydrogen-bond donors (Lipinski definition) is 2. The van der Waals surface area contributed by atoms with E-state index >= 15 is 0 Å². The Hall–Kier alpha value is -0.430. The van der Waals surface area contributed by atoms with Gasteiger partial charge in [0.1, 0.15) is 0 Å². The van der Waals surface area contributed by atoms with Crippen LogP contribution in [0.2, 0.25) is 0 Å². The second-order valence-corrected chi connectivity index (χ2v) is 3.47. The van der Waals surface area contributed by atoms with Crippen LogP contribution in [0.25, 0.3) is 0 Å². The maximum absolute atomic E-state index is 10.4. The normalized spacial score (nSPS) is 10.3. The number of phosphoric acid groups is 1. The predicted octanol–water partition coefficient (Wildman–Crippen LogP) is 0.418. The Morgan fingerprint density at radius 3 is 2.33 bits per heavy atom. The summed E-state index contributed by atoms with van der Waals surface area (Å²) in [6.45, 7) is 0. The first-order chi connectivity index (χ1) is 6.40. The third-order valence-electron chi connectivity index (χ3n) is 1.28. The van der Waals surface area contributed by atoms with E-state index in [0.29, 0.717) is 0 Å². The Morgan fingerprint density at radius 2 is 1.87 bits per heavy atom. The molecule has 0 aliphatic heterocycles. The fourth-order valence-corrected chi connectivity index (χ4v) is 1.22. The molecule has 0 heterocycles. The second-order valence-electron chi connectivity index (χ2n) is 2.31. The van der Waals surface area contributed by atoms with Crippen molar-refractivity contribution in [2.45, 2.75) is 0 Å². The molecule has 1 aromatic rings. The summed E-state index contributed by atoms with van der Waals surface area (Å²) in [7, 11) is -4.76. The molecule has 0 saturated carbocycles. The molecule has 0 bridgehead atoms. The van der Waals surface area contributed by atoms with Gasteiger partial charge in [0.15, 0.2) is 0 Å². The Morgan fingerprint density at radius 1 is 1.33 bits per heavy atom. The van der Waals surface area contributed by atoms with E-state index in [1.54, 1.807) is 0 Å². The number of hydrogen-bond acceptors (Lipinski definition) is 4. The molecule has 0 aliphatic rings. The van der Waals surface area contributed by atoms with Crippen molar-refractivity contribution in [3.63, 3.8) is 0 Å². The van der Waals surface area contributed by atoms with E-state index in [2.05, 4.69) is 4.52 Å². The van der Waals surface area contributed by atoms with Gasteiger partial charge in [0, 0.05) is 6.07 Å². The van der Waals surface area contributed by atoms with Crippen molar-refractivity contribution in [1.29, 1.82) is 0 Å². The van der Waals surface area contributed by atoms with Gasteiger partial charge in [-0.15, -0.1) is 0 Å². The van der Waals surface area contributed by atoms with Crippen LogP contribution in [0, 0.1) is 10.1 Å². The SMILES string of the molecule is O=[N+]([O-])c1ccccc1OP(=O)(O)O.[NaH]. The number of nitro benzene ring substituents is 1. The van der Waals surface area contributed by atoms with Crippen molar-refractivity contribution >= 4 is 43.1 Å². The zero-order valence-electron chi connectivity index (χ0n) is 6.73. The second kappa shape index (κ2) is 5.60. The summed E-state index contributed by atoms with van der Waals surface area (Å²) in [5, 5.41) is 10.4. The monoisotopic (exact) mass is 243 g/mol. The van der Waals surface area contributed by atoms with Crippen LogP contribution >= 0.6 is 7.82 Å². The van der Waals surface area contributed by atoms with Crippen molar-refractivity contribution in [2.75, 3.05) is 0 Å². The van der Waals surface area contributed by atoms with Crippen molar-refractivity contribution in [1.82, 2.24) is 0 Å². The van der Waals surface area contributed by atoms with E-state index in [1.165, 1.54) is 12.1 Å².